The summed E-state index contributed by atoms with van der Waals surface area (Å²) < 4.78 is 5.32. The highest BCUT2D eigenvalue weighted by molar-refractivity contribution is 5.76. The van der Waals surface area contributed by atoms with Crippen molar-refractivity contribution in [2.24, 2.45) is 5.92 Å². The molecule has 0 radical (unpaired) electrons. The number of hydrogen-bond acceptors (Lipinski definition) is 4. The van der Waals surface area contributed by atoms with Crippen molar-refractivity contribution >= 4 is 12.1 Å². The van der Waals surface area contributed by atoms with Gasteiger partial charge < -0.3 is 14.7 Å². The van der Waals surface area contributed by atoms with E-state index in [1.165, 1.54) is 4.90 Å². The van der Waals surface area contributed by atoms with Crippen molar-refractivity contribution in [3.63, 3.8) is 0 Å². The molecule has 6 heteroatoms. The molecule has 2 atom stereocenters. The standard InChI is InChI=1S/C17H20N2O4/c1-17(2,3)23-16(22)19-9-13(14(10-19)15(20)21)12-6-4-11(8-18)5-7-12/h4-7,13-14H,9-10H2,1-3H3,(H,20,21)/t13-,14+/m0/s1. The second kappa shape index (κ2) is 6.29. The van der Waals surface area contributed by atoms with Crippen molar-refractivity contribution in [1.82, 2.24) is 4.90 Å². The quantitative estimate of drug-likeness (QED) is 0.905. The lowest BCUT2D eigenvalue weighted by molar-refractivity contribution is -0.141. The number of carboxylic acid groups (broad SMARTS) is 1. The van der Waals surface area contributed by atoms with E-state index in [2.05, 4.69) is 0 Å². The molecule has 0 aliphatic carbocycles. The van der Waals surface area contributed by atoms with Gasteiger partial charge in [-0.3, -0.25) is 4.79 Å². The van der Waals surface area contributed by atoms with Crippen LogP contribution in [-0.2, 0) is 9.53 Å². The molecule has 1 aromatic rings. The Morgan fingerprint density at radius 2 is 1.87 bits per heavy atom. The third-order valence-electron chi connectivity index (χ3n) is 3.76. The van der Waals surface area contributed by atoms with Crippen LogP contribution in [0.1, 0.15) is 37.8 Å². The molecular formula is C17H20N2O4. The maximum atomic E-state index is 12.2. The number of nitrogens with zero attached hydrogens (tertiary/aromatic N) is 2. The first kappa shape index (κ1) is 16.8. The first-order chi connectivity index (χ1) is 10.7. The Morgan fingerprint density at radius 1 is 1.26 bits per heavy atom. The number of benzene rings is 1. The van der Waals surface area contributed by atoms with Gasteiger partial charge in [-0.25, -0.2) is 4.79 Å². The number of amides is 1. The van der Waals surface area contributed by atoms with Crippen molar-refractivity contribution in [2.45, 2.75) is 32.3 Å². The summed E-state index contributed by atoms with van der Waals surface area (Å²) in [5.41, 5.74) is 0.701. The molecule has 1 saturated heterocycles. The molecule has 1 aliphatic heterocycles. The van der Waals surface area contributed by atoms with Gasteiger partial charge in [0.2, 0.25) is 0 Å². The lowest BCUT2D eigenvalue weighted by Gasteiger charge is -2.24. The van der Waals surface area contributed by atoms with Crippen LogP contribution in [0.4, 0.5) is 4.79 Å². The minimum Gasteiger partial charge on any atom is -0.481 e. The molecule has 2 rings (SSSR count). The highest BCUT2D eigenvalue weighted by Gasteiger charge is 2.41. The molecule has 0 saturated carbocycles. The van der Waals surface area contributed by atoms with Gasteiger partial charge in [0.05, 0.1) is 17.6 Å². The van der Waals surface area contributed by atoms with E-state index in [0.717, 1.165) is 5.56 Å². The smallest absolute Gasteiger partial charge is 0.410 e. The van der Waals surface area contributed by atoms with Crippen molar-refractivity contribution in [1.29, 1.82) is 5.26 Å². The van der Waals surface area contributed by atoms with Crippen molar-refractivity contribution in [2.75, 3.05) is 13.1 Å². The van der Waals surface area contributed by atoms with Crippen LogP contribution in [0.3, 0.4) is 0 Å². The first-order valence-electron chi connectivity index (χ1n) is 7.42. The topological polar surface area (TPSA) is 90.6 Å². The Labute approximate surface area is 135 Å². The van der Waals surface area contributed by atoms with Crippen LogP contribution in [-0.4, -0.2) is 40.8 Å². The molecule has 1 heterocycles. The highest BCUT2D eigenvalue weighted by atomic mass is 16.6. The molecule has 0 bridgehead atoms. The Bertz CT molecular complexity index is 640. The van der Waals surface area contributed by atoms with E-state index in [9.17, 15) is 14.7 Å². The van der Waals surface area contributed by atoms with E-state index in [4.69, 9.17) is 10.00 Å². The van der Waals surface area contributed by atoms with Gasteiger partial charge in [0, 0.05) is 19.0 Å². The van der Waals surface area contributed by atoms with E-state index in [0.29, 0.717) is 5.56 Å². The summed E-state index contributed by atoms with van der Waals surface area (Å²) in [4.78, 5) is 25.1. The number of ether oxygens (including phenoxy) is 1. The lowest BCUT2D eigenvalue weighted by atomic mass is 9.89. The van der Waals surface area contributed by atoms with Crippen molar-refractivity contribution < 1.29 is 19.4 Å². The largest absolute Gasteiger partial charge is 0.481 e. The molecule has 1 N–H and O–H groups in total. The number of carbonyl (C=O) groups excluding carboxylic acids is 1. The molecule has 23 heavy (non-hydrogen) atoms. The molecule has 1 amide bonds. The number of hydrogen-bond donors (Lipinski definition) is 1. The number of carbonyl (C=O) groups is 2. The predicted molar refractivity (Wildman–Crippen MR) is 82.8 cm³/mol. The summed E-state index contributed by atoms with van der Waals surface area (Å²) in [6, 6.07) is 8.84. The maximum absolute atomic E-state index is 12.2. The van der Waals surface area contributed by atoms with Crippen molar-refractivity contribution in [3.05, 3.63) is 35.4 Å². The summed E-state index contributed by atoms with van der Waals surface area (Å²) in [6.45, 7) is 5.72. The van der Waals surface area contributed by atoms with E-state index < -0.39 is 23.6 Å². The zero-order chi connectivity index (χ0) is 17.2. The van der Waals surface area contributed by atoms with E-state index >= 15 is 0 Å². The fourth-order valence-corrected chi connectivity index (χ4v) is 2.67. The predicted octanol–water partition coefficient (Wildman–Crippen LogP) is 2.59. The second-order valence-corrected chi connectivity index (χ2v) is 6.67. The van der Waals surface area contributed by atoms with Gasteiger partial charge in [0.25, 0.3) is 0 Å². The van der Waals surface area contributed by atoms with Crippen LogP contribution in [0.15, 0.2) is 24.3 Å². The number of rotatable bonds is 2. The van der Waals surface area contributed by atoms with E-state index in [1.54, 1.807) is 45.0 Å². The van der Waals surface area contributed by atoms with E-state index in [-0.39, 0.29) is 19.0 Å². The lowest BCUT2D eigenvalue weighted by Crippen LogP contribution is -2.35. The highest BCUT2D eigenvalue weighted by Crippen LogP contribution is 2.33. The van der Waals surface area contributed by atoms with Crippen LogP contribution in [0.5, 0.6) is 0 Å². The Hall–Kier alpha value is -2.55. The van der Waals surface area contributed by atoms with Gasteiger partial charge in [0.1, 0.15) is 5.60 Å². The molecule has 122 valence electrons. The molecule has 1 fully saturated rings. The van der Waals surface area contributed by atoms with Crippen LogP contribution in [0.25, 0.3) is 0 Å². The fourth-order valence-electron chi connectivity index (χ4n) is 2.67. The minimum absolute atomic E-state index is 0.120. The normalized spacial score (nSPS) is 20.9. The first-order valence-corrected chi connectivity index (χ1v) is 7.42. The summed E-state index contributed by atoms with van der Waals surface area (Å²) in [7, 11) is 0. The third-order valence-corrected chi connectivity index (χ3v) is 3.76. The molecular weight excluding hydrogens is 296 g/mol. The number of likely N-dealkylation sites (tertiary alicyclic amines) is 1. The minimum atomic E-state index is -0.939. The van der Waals surface area contributed by atoms with Crippen LogP contribution < -0.4 is 0 Å². The maximum Gasteiger partial charge on any atom is 0.410 e. The zero-order valence-electron chi connectivity index (χ0n) is 13.4. The van der Waals surface area contributed by atoms with Gasteiger partial charge in [-0.15, -0.1) is 0 Å². The molecule has 0 aromatic heterocycles. The fraction of sp³-hybridized carbons (Fsp3) is 0.471. The Kier molecular flexibility index (Phi) is 4.60. The number of aliphatic carboxylic acids is 1. The van der Waals surface area contributed by atoms with Gasteiger partial charge >= 0.3 is 12.1 Å². The molecule has 1 aliphatic rings. The van der Waals surface area contributed by atoms with Gasteiger partial charge in [-0.2, -0.15) is 5.26 Å². The number of carboxylic acids is 1. The van der Waals surface area contributed by atoms with Crippen LogP contribution >= 0.6 is 0 Å². The van der Waals surface area contributed by atoms with Crippen LogP contribution in [0.2, 0.25) is 0 Å². The average Bonchev–Trinajstić information content (AvgIpc) is 2.91. The van der Waals surface area contributed by atoms with Gasteiger partial charge in [-0.1, -0.05) is 12.1 Å². The Balaban J connectivity index is 2.19. The van der Waals surface area contributed by atoms with Gasteiger partial charge in [0.15, 0.2) is 0 Å². The average molecular weight is 316 g/mol. The SMILES string of the molecule is CC(C)(C)OC(=O)N1C[C@@H](C(=O)O)[C@H](c2ccc(C#N)cc2)C1. The summed E-state index contributed by atoms with van der Waals surface area (Å²) in [5, 5.41) is 18.3. The Morgan fingerprint density at radius 3 is 2.35 bits per heavy atom. The zero-order valence-corrected chi connectivity index (χ0v) is 13.4. The summed E-state index contributed by atoms with van der Waals surface area (Å²) >= 11 is 0. The number of nitriles is 1. The summed E-state index contributed by atoms with van der Waals surface area (Å²) in [5.74, 6) is -1.94. The summed E-state index contributed by atoms with van der Waals surface area (Å²) in [6.07, 6.45) is -0.500. The molecule has 0 unspecified atom stereocenters. The van der Waals surface area contributed by atoms with Crippen molar-refractivity contribution in [3.8, 4) is 6.07 Å². The molecule has 1 aromatic carbocycles. The van der Waals surface area contributed by atoms with E-state index in [1.807, 2.05) is 6.07 Å². The van der Waals surface area contributed by atoms with Gasteiger partial charge in [-0.05, 0) is 38.5 Å². The second-order valence-electron chi connectivity index (χ2n) is 6.67. The third kappa shape index (κ3) is 4.01. The monoisotopic (exact) mass is 316 g/mol. The molecule has 6 nitrogen and oxygen atoms in total. The molecule has 0 spiro atoms. The van der Waals surface area contributed by atoms with Crippen LogP contribution in [0, 0.1) is 17.2 Å².